The fourth-order valence-electron chi connectivity index (χ4n) is 2.00. The molecule has 0 saturated heterocycles. The van der Waals surface area contributed by atoms with Crippen molar-refractivity contribution in [3.05, 3.63) is 63.9 Å². The Kier molecular flexibility index (Phi) is 4.70. The van der Waals surface area contributed by atoms with E-state index in [-0.39, 0.29) is 17.5 Å². The quantitative estimate of drug-likeness (QED) is 0.831. The Balaban J connectivity index is 2.10. The second kappa shape index (κ2) is 6.31. The molecule has 0 fully saturated rings. The molecule has 0 bridgehead atoms. The summed E-state index contributed by atoms with van der Waals surface area (Å²) in [6.45, 7) is 1.85. The third-order valence-corrected chi connectivity index (χ3v) is 3.45. The average molecular weight is 344 g/mol. The summed E-state index contributed by atoms with van der Waals surface area (Å²) < 4.78 is 40.1. The minimum absolute atomic E-state index is 0.131. The third kappa shape index (κ3) is 3.76. The first-order chi connectivity index (χ1) is 9.45. The van der Waals surface area contributed by atoms with Gasteiger partial charge in [-0.3, -0.25) is 0 Å². The lowest BCUT2D eigenvalue weighted by Crippen LogP contribution is -2.19. The van der Waals surface area contributed by atoms with Gasteiger partial charge in [0.2, 0.25) is 0 Å². The molecule has 0 aliphatic carbocycles. The maximum Gasteiger partial charge on any atom is 0.150 e. The van der Waals surface area contributed by atoms with Gasteiger partial charge in [0.05, 0.1) is 5.69 Å². The Morgan fingerprint density at radius 1 is 1.10 bits per heavy atom. The van der Waals surface area contributed by atoms with Crippen LogP contribution in [0.25, 0.3) is 0 Å². The Labute approximate surface area is 123 Å². The maximum atomic E-state index is 13.7. The molecule has 2 rings (SSSR count). The minimum Gasteiger partial charge on any atom is -0.379 e. The molecule has 0 heterocycles. The molecule has 1 unspecified atom stereocenters. The molecular formula is C15H13BrF3N. The summed E-state index contributed by atoms with van der Waals surface area (Å²) >= 11 is 3.12. The van der Waals surface area contributed by atoms with Gasteiger partial charge in [-0.2, -0.15) is 0 Å². The molecule has 1 nitrogen and oxygen atoms in total. The molecule has 5 heteroatoms. The van der Waals surface area contributed by atoms with E-state index in [0.29, 0.717) is 10.9 Å². The van der Waals surface area contributed by atoms with E-state index in [1.54, 1.807) is 12.1 Å². The first-order valence-electron chi connectivity index (χ1n) is 6.11. The fourth-order valence-corrected chi connectivity index (χ4v) is 2.52. The van der Waals surface area contributed by atoms with Gasteiger partial charge in [0.1, 0.15) is 17.5 Å². The van der Waals surface area contributed by atoms with Gasteiger partial charge in [-0.15, -0.1) is 0 Å². The summed E-state index contributed by atoms with van der Waals surface area (Å²) in [6.07, 6.45) is 0.529. The second-order valence-electron chi connectivity index (χ2n) is 4.62. The van der Waals surface area contributed by atoms with Crippen LogP contribution >= 0.6 is 15.9 Å². The number of benzene rings is 2. The number of halogens is 4. The summed E-state index contributed by atoms with van der Waals surface area (Å²) in [7, 11) is 0. The van der Waals surface area contributed by atoms with E-state index in [1.807, 2.05) is 6.92 Å². The van der Waals surface area contributed by atoms with Crippen molar-refractivity contribution in [1.82, 2.24) is 0 Å². The van der Waals surface area contributed by atoms with Gasteiger partial charge in [-0.25, -0.2) is 13.2 Å². The van der Waals surface area contributed by atoms with E-state index in [4.69, 9.17) is 0 Å². The van der Waals surface area contributed by atoms with E-state index < -0.39 is 11.6 Å². The summed E-state index contributed by atoms with van der Waals surface area (Å²) in [5.41, 5.74) is 1.01. The molecular weight excluding hydrogens is 331 g/mol. The number of anilines is 1. The van der Waals surface area contributed by atoms with E-state index in [9.17, 15) is 13.2 Å². The second-order valence-corrected chi connectivity index (χ2v) is 5.48. The lowest BCUT2D eigenvalue weighted by molar-refractivity contribution is 0.581. The number of hydrogen-bond donors (Lipinski definition) is 1. The highest BCUT2D eigenvalue weighted by Gasteiger charge is 2.12. The standard InChI is InChI=1S/C15H13BrF3N/c1-9(5-10-3-2-4-11(17)6-10)20-15-13(16)7-12(18)8-14(15)19/h2-4,6-9,20H,5H2,1H3. The van der Waals surface area contributed by atoms with Crippen LogP contribution < -0.4 is 5.32 Å². The highest BCUT2D eigenvalue weighted by Crippen LogP contribution is 2.27. The molecule has 0 amide bonds. The van der Waals surface area contributed by atoms with Gasteiger partial charge in [0, 0.05) is 16.6 Å². The lowest BCUT2D eigenvalue weighted by atomic mass is 10.1. The largest absolute Gasteiger partial charge is 0.379 e. The predicted molar refractivity (Wildman–Crippen MR) is 77.2 cm³/mol. The van der Waals surface area contributed by atoms with Gasteiger partial charge in [0.25, 0.3) is 0 Å². The van der Waals surface area contributed by atoms with Crippen LogP contribution in [0.4, 0.5) is 18.9 Å². The Hall–Kier alpha value is -1.49. The highest BCUT2D eigenvalue weighted by atomic mass is 79.9. The monoisotopic (exact) mass is 343 g/mol. The zero-order valence-electron chi connectivity index (χ0n) is 10.8. The predicted octanol–water partition coefficient (Wildman–Crippen LogP) is 4.91. The van der Waals surface area contributed by atoms with Crippen LogP contribution in [0.5, 0.6) is 0 Å². The molecule has 0 radical (unpaired) electrons. The molecule has 1 N–H and O–H groups in total. The summed E-state index contributed by atoms with van der Waals surface area (Å²) in [6, 6.07) is 8.13. The van der Waals surface area contributed by atoms with Crippen molar-refractivity contribution in [2.24, 2.45) is 0 Å². The van der Waals surface area contributed by atoms with E-state index >= 15 is 0 Å². The van der Waals surface area contributed by atoms with Crippen molar-refractivity contribution in [1.29, 1.82) is 0 Å². The first kappa shape index (κ1) is 14.9. The van der Waals surface area contributed by atoms with Crippen molar-refractivity contribution in [3.8, 4) is 0 Å². The SMILES string of the molecule is CC(Cc1cccc(F)c1)Nc1c(F)cc(F)cc1Br. The van der Waals surface area contributed by atoms with Crippen molar-refractivity contribution >= 4 is 21.6 Å². The molecule has 0 aromatic heterocycles. The third-order valence-electron chi connectivity index (χ3n) is 2.83. The van der Waals surface area contributed by atoms with Gasteiger partial charge < -0.3 is 5.32 Å². The van der Waals surface area contributed by atoms with Gasteiger partial charge in [-0.1, -0.05) is 12.1 Å². The smallest absolute Gasteiger partial charge is 0.150 e. The minimum atomic E-state index is -0.664. The molecule has 2 aromatic carbocycles. The fraction of sp³-hybridized carbons (Fsp3) is 0.200. The molecule has 0 spiro atoms. The van der Waals surface area contributed by atoms with Crippen molar-refractivity contribution < 1.29 is 13.2 Å². The number of rotatable bonds is 4. The first-order valence-corrected chi connectivity index (χ1v) is 6.90. The van der Waals surface area contributed by atoms with Crippen LogP contribution in [0.2, 0.25) is 0 Å². The van der Waals surface area contributed by atoms with E-state index in [0.717, 1.165) is 11.6 Å². The Morgan fingerprint density at radius 2 is 1.85 bits per heavy atom. The normalized spacial score (nSPS) is 12.2. The highest BCUT2D eigenvalue weighted by molar-refractivity contribution is 9.10. The molecule has 0 aliphatic heterocycles. The summed E-state index contributed by atoms with van der Waals surface area (Å²) in [5, 5.41) is 2.96. The Morgan fingerprint density at radius 3 is 2.50 bits per heavy atom. The molecule has 0 saturated carbocycles. The zero-order chi connectivity index (χ0) is 14.7. The zero-order valence-corrected chi connectivity index (χ0v) is 12.3. The molecule has 20 heavy (non-hydrogen) atoms. The summed E-state index contributed by atoms with van der Waals surface area (Å²) in [4.78, 5) is 0. The maximum absolute atomic E-state index is 13.7. The lowest BCUT2D eigenvalue weighted by Gasteiger charge is -2.17. The van der Waals surface area contributed by atoms with Crippen LogP contribution in [0.1, 0.15) is 12.5 Å². The van der Waals surface area contributed by atoms with Crippen LogP contribution in [-0.2, 0) is 6.42 Å². The van der Waals surface area contributed by atoms with Crippen molar-refractivity contribution in [2.75, 3.05) is 5.32 Å². The topological polar surface area (TPSA) is 12.0 Å². The van der Waals surface area contributed by atoms with Crippen LogP contribution in [0, 0.1) is 17.5 Å². The van der Waals surface area contributed by atoms with Gasteiger partial charge >= 0.3 is 0 Å². The molecule has 2 aromatic rings. The van der Waals surface area contributed by atoms with Crippen molar-refractivity contribution in [3.63, 3.8) is 0 Å². The average Bonchev–Trinajstić information content (AvgIpc) is 2.33. The molecule has 1 atom stereocenters. The van der Waals surface area contributed by atoms with E-state index in [2.05, 4.69) is 21.2 Å². The molecule has 106 valence electrons. The van der Waals surface area contributed by atoms with Gasteiger partial charge in [0.15, 0.2) is 0 Å². The van der Waals surface area contributed by atoms with Gasteiger partial charge in [-0.05, 0) is 53.0 Å². The van der Waals surface area contributed by atoms with Crippen LogP contribution in [0.15, 0.2) is 40.9 Å². The van der Waals surface area contributed by atoms with Crippen LogP contribution in [-0.4, -0.2) is 6.04 Å². The molecule has 0 aliphatic rings. The van der Waals surface area contributed by atoms with Crippen LogP contribution in [0.3, 0.4) is 0 Å². The number of hydrogen-bond acceptors (Lipinski definition) is 1. The number of nitrogens with one attached hydrogen (secondary N) is 1. The van der Waals surface area contributed by atoms with Crippen molar-refractivity contribution in [2.45, 2.75) is 19.4 Å². The Bertz CT molecular complexity index is 593. The summed E-state index contributed by atoms with van der Waals surface area (Å²) in [5.74, 6) is -1.61. The van der Waals surface area contributed by atoms with E-state index in [1.165, 1.54) is 18.2 Å².